The van der Waals surface area contributed by atoms with Crippen LogP contribution in [0.1, 0.15) is 38.4 Å². The Bertz CT molecular complexity index is 500. The summed E-state index contributed by atoms with van der Waals surface area (Å²) >= 11 is 0. The summed E-state index contributed by atoms with van der Waals surface area (Å²) in [6.07, 6.45) is 8.36. The Hall–Kier alpha value is -0.860. The lowest BCUT2D eigenvalue weighted by molar-refractivity contribution is 0.299. The second kappa shape index (κ2) is 8.84. The van der Waals surface area contributed by atoms with Crippen LogP contribution in [0.3, 0.4) is 0 Å². The zero-order valence-electron chi connectivity index (χ0n) is 14.2. The largest absolute Gasteiger partial charge is 0.354 e. The van der Waals surface area contributed by atoms with Crippen molar-refractivity contribution in [3.8, 4) is 0 Å². The Balaban J connectivity index is 0.00000192. The second-order valence-electron chi connectivity index (χ2n) is 6.48. The van der Waals surface area contributed by atoms with Crippen molar-refractivity contribution in [2.45, 2.75) is 45.6 Å². The maximum Gasteiger partial charge on any atom is 0.193 e. The molecule has 2 unspecified atom stereocenters. The Morgan fingerprint density at radius 3 is 2.61 bits per heavy atom. The van der Waals surface area contributed by atoms with Gasteiger partial charge in [-0.25, -0.2) is 0 Å². The number of guanidine groups is 1. The number of aliphatic imine (C=N–C) groups is 1. The first-order valence-corrected chi connectivity index (χ1v) is 8.64. The maximum atomic E-state index is 4.48. The van der Waals surface area contributed by atoms with Gasteiger partial charge in [-0.2, -0.15) is 0 Å². The highest BCUT2D eigenvalue weighted by Crippen LogP contribution is 2.35. The van der Waals surface area contributed by atoms with Crippen molar-refractivity contribution in [1.29, 1.82) is 0 Å². The van der Waals surface area contributed by atoms with Crippen molar-refractivity contribution in [2.24, 2.45) is 16.8 Å². The van der Waals surface area contributed by atoms with Gasteiger partial charge in [0.05, 0.1) is 0 Å². The Morgan fingerprint density at radius 2 is 2.00 bits per heavy atom. The van der Waals surface area contributed by atoms with Crippen LogP contribution in [-0.2, 0) is 13.0 Å². The predicted octanol–water partition coefficient (Wildman–Crippen LogP) is 2.16. The normalized spacial score (nSPS) is 24.3. The Kier molecular flexibility index (Phi) is 7.10. The molecule has 1 N–H and O–H groups in total. The smallest absolute Gasteiger partial charge is 0.193 e. The van der Waals surface area contributed by atoms with E-state index < -0.39 is 0 Å². The number of aryl methyl sites for hydroxylation is 1. The highest BCUT2D eigenvalue weighted by atomic mass is 127. The molecule has 3 rings (SSSR count). The lowest BCUT2D eigenvalue weighted by Crippen LogP contribution is -2.41. The highest BCUT2D eigenvalue weighted by Gasteiger charge is 2.35. The average molecular weight is 432 g/mol. The van der Waals surface area contributed by atoms with E-state index >= 15 is 0 Å². The molecule has 2 heterocycles. The number of rotatable bonds is 4. The molecule has 2 aliphatic rings. The van der Waals surface area contributed by atoms with E-state index in [1.165, 1.54) is 38.8 Å². The molecule has 7 heteroatoms. The fourth-order valence-electron chi connectivity index (χ4n) is 3.94. The van der Waals surface area contributed by atoms with Gasteiger partial charge < -0.3 is 14.8 Å². The summed E-state index contributed by atoms with van der Waals surface area (Å²) < 4.78 is 2.12. The molecule has 1 aromatic heterocycles. The molecule has 1 aliphatic carbocycles. The summed E-state index contributed by atoms with van der Waals surface area (Å²) in [7, 11) is 1.89. The van der Waals surface area contributed by atoms with Crippen LogP contribution in [0.5, 0.6) is 0 Å². The van der Waals surface area contributed by atoms with Crippen LogP contribution in [0.4, 0.5) is 0 Å². The van der Waals surface area contributed by atoms with E-state index in [1.807, 2.05) is 13.4 Å². The molecule has 0 aromatic carbocycles. The minimum Gasteiger partial charge on any atom is -0.354 e. The standard InChI is InChI=1S/C16H28N6.HI/c1-3-15-20-19-12-21(15)9-8-18-16(17-2)22-10-13-6-4-5-7-14(13)11-22;/h12-14H,3-11H2,1-2H3,(H,17,18);1H. The van der Waals surface area contributed by atoms with Gasteiger partial charge in [-0.3, -0.25) is 4.99 Å². The van der Waals surface area contributed by atoms with Gasteiger partial charge in [-0.05, 0) is 24.7 Å². The molecule has 6 nitrogen and oxygen atoms in total. The molecule has 2 atom stereocenters. The average Bonchev–Trinajstić information content (AvgIpc) is 3.17. The fourth-order valence-corrected chi connectivity index (χ4v) is 3.94. The maximum absolute atomic E-state index is 4.48. The molecule has 0 bridgehead atoms. The third-order valence-corrected chi connectivity index (χ3v) is 5.14. The van der Waals surface area contributed by atoms with Crippen LogP contribution in [0, 0.1) is 11.8 Å². The molecule has 1 saturated heterocycles. The summed E-state index contributed by atoms with van der Waals surface area (Å²) in [6, 6.07) is 0. The van der Waals surface area contributed by atoms with Crippen molar-refractivity contribution in [3.05, 3.63) is 12.2 Å². The quantitative estimate of drug-likeness (QED) is 0.450. The molecule has 0 spiro atoms. The topological polar surface area (TPSA) is 58.3 Å². The van der Waals surface area contributed by atoms with Crippen LogP contribution in [-0.4, -0.2) is 52.3 Å². The summed E-state index contributed by atoms with van der Waals surface area (Å²) in [5, 5.41) is 11.6. The Morgan fingerprint density at radius 1 is 1.30 bits per heavy atom. The molecule has 0 amide bonds. The molecule has 130 valence electrons. The van der Waals surface area contributed by atoms with Crippen LogP contribution in [0.25, 0.3) is 0 Å². The van der Waals surface area contributed by atoms with E-state index in [-0.39, 0.29) is 24.0 Å². The van der Waals surface area contributed by atoms with E-state index in [0.717, 1.165) is 43.1 Å². The monoisotopic (exact) mass is 432 g/mol. The summed E-state index contributed by atoms with van der Waals surface area (Å²) in [6.45, 7) is 6.21. The zero-order valence-corrected chi connectivity index (χ0v) is 16.6. The van der Waals surface area contributed by atoms with Crippen molar-refractivity contribution in [3.63, 3.8) is 0 Å². The Labute approximate surface area is 156 Å². The van der Waals surface area contributed by atoms with E-state index in [4.69, 9.17) is 0 Å². The first-order chi connectivity index (χ1) is 10.8. The van der Waals surface area contributed by atoms with E-state index in [0.29, 0.717) is 0 Å². The second-order valence-corrected chi connectivity index (χ2v) is 6.48. The van der Waals surface area contributed by atoms with Crippen LogP contribution >= 0.6 is 24.0 Å². The summed E-state index contributed by atoms with van der Waals surface area (Å²) in [4.78, 5) is 6.93. The number of fused-ring (bicyclic) bond motifs is 1. The third kappa shape index (κ3) is 4.36. The minimum absolute atomic E-state index is 0. The predicted molar refractivity (Wildman–Crippen MR) is 103 cm³/mol. The van der Waals surface area contributed by atoms with Crippen molar-refractivity contribution in [2.75, 3.05) is 26.7 Å². The van der Waals surface area contributed by atoms with Crippen LogP contribution < -0.4 is 5.32 Å². The van der Waals surface area contributed by atoms with Crippen molar-refractivity contribution >= 4 is 29.9 Å². The molecule has 1 aromatic rings. The van der Waals surface area contributed by atoms with Crippen LogP contribution in [0.2, 0.25) is 0 Å². The number of nitrogens with zero attached hydrogens (tertiary/aromatic N) is 5. The van der Waals surface area contributed by atoms with Gasteiger partial charge in [0, 0.05) is 39.6 Å². The van der Waals surface area contributed by atoms with Gasteiger partial charge in [0.1, 0.15) is 12.2 Å². The van der Waals surface area contributed by atoms with E-state index in [1.54, 1.807) is 0 Å². The molecule has 1 saturated carbocycles. The number of halogens is 1. The number of hydrogen-bond acceptors (Lipinski definition) is 3. The third-order valence-electron chi connectivity index (χ3n) is 5.14. The van der Waals surface area contributed by atoms with Gasteiger partial charge >= 0.3 is 0 Å². The van der Waals surface area contributed by atoms with E-state index in [9.17, 15) is 0 Å². The lowest BCUT2D eigenvalue weighted by Gasteiger charge is -2.22. The van der Waals surface area contributed by atoms with Gasteiger partial charge in [0.25, 0.3) is 0 Å². The number of likely N-dealkylation sites (tertiary alicyclic amines) is 1. The van der Waals surface area contributed by atoms with Crippen molar-refractivity contribution < 1.29 is 0 Å². The SMILES string of the molecule is CCc1nncn1CCNC(=NC)N1CC2CCCCC2C1.I. The number of hydrogen-bond donors (Lipinski definition) is 1. The molecular weight excluding hydrogens is 403 g/mol. The van der Waals surface area contributed by atoms with Crippen LogP contribution in [0.15, 0.2) is 11.3 Å². The lowest BCUT2D eigenvalue weighted by atomic mass is 9.82. The molecule has 1 aliphatic heterocycles. The highest BCUT2D eigenvalue weighted by molar-refractivity contribution is 14.0. The first-order valence-electron chi connectivity index (χ1n) is 8.64. The summed E-state index contributed by atoms with van der Waals surface area (Å²) in [5.74, 6) is 3.87. The van der Waals surface area contributed by atoms with Gasteiger partial charge in [-0.15, -0.1) is 34.2 Å². The fraction of sp³-hybridized carbons (Fsp3) is 0.812. The van der Waals surface area contributed by atoms with Gasteiger partial charge in [0.2, 0.25) is 0 Å². The molecular formula is C16H29IN6. The minimum atomic E-state index is 0. The first kappa shape index (κ1) is 18.5. The van der Waals surface area contributed by atoms with Gasteiger partial charge in [0.15, 0.2) is 5.96 Å². The number of nitrogens with one attached hydrogen (secondary N) is 1. The van der Waals surface area contributed by atoms with E-state index in [2.05, 4.69) is 36.9 Å². The zero-order chi connectivity index (χ0) is 15.4. The number of aromatic nitrogens is 3. The van der Waals surface area contributed by atoms with Gasteiger partial charge in [-0.1, -0.05) is 19.8 Å². The summed E-state index contributed by atoms with van der Waals surface area (Å²) in [5.41, 5.74) is 0. The molecule has 0 radical (unpaired) electrons. The van der Waals surface area contributed by atoms with Crippen molar-refractivity contribution in [1.82, 2.24) is 25.0 Å². The molecule has 2 fully saturated rings. The molecule has 23 heavy (non-hydrogen) atoms.